The minimum absolute atomic E-state index is 0.356. The lowest BCUT2D eigenvalue weighted by Gasteiger charge is -2.40. The largest absolute Gasteiger partial charge is 0.436 e. The van der Waals surface area contributed by atoms with Gasteiger partial charge in [-0.15, -0.1) is 0 Å². The van der Waals surface area contributed by atoms with Crippen LogP contribution in [-0.2, 0) is 17.7 Å². The summed E-state index contributed by atoms with van der Waals surface area (Å²) in [5, 5.41) is 0. The van der Waals surface area contributed by atoms with Gasteiger partial charge in [-0.1, -0.05) is 13.8 Å². The fourth-order valence-electron chi connectivity index (χ4n) is 2.31. The van der Waals surface area contributed by atoms with E-state index in [1.807, 2.05) is 0 Å². The molecule has 4 nitrogen and oxygen atoms in total. The first-order chi connectivity index (χ1) is 10.1. The molecule has 1 aliphatic heterocycles. The van der Waals surface area contributed by atoms with Crippen molar-refractivity contribution in [1.82, 2.24) is 0 Å². The van der Waals surface area contributed by atoms with Crippen molar-refractivity contribution >= 4 is 25.2 Å². The topological polar surface area (TPSA) is 40.2 Å². The minimum Gasteiger partial charge on any atom is -0.436 e. The van der Waals surface area contributed by atoms with Crippen LogP contribution in [0.5, 0.6) is 0 Å². The molecule has 0 aromatic heterocycles. The monoisotopic (exact) mass is 364 g/mol. The Balaban J connectivity index is 2.51. The van der Waals surface area contributed by atoms with Crippen molar-refractivity contribution in [2.24, 2.45) is 0 Å². The van der Waals surface area contributed by atoms with Gasteiger partial charge in [-0.05, 0) is 57.3 Å². The fraction of sp³-hybridized carbons (Fsp3) is 1.00. The highest BCUT2D eigenvalue weighted by Gasteiger charge is 2.41. The van der Waals surface area contributed by atoms with Gasteiger partial charge in [0.05, 0.1) is 13.2 Å². The van der Waals surface area contributed by atoms with Crippen molar-refractivity contribution in [2.75, 3.05) is 19.8 Å². The van der Waals surface area contributed by atoms with Crippen LogP contribution in [0.2, 0.25) is 50.9 Å². The summed E-state index contributed by atoms with van der Waals surface area (Å²) in [5.74, 6) is 0. The normalized spacial score (nSPS) is 19.5. The molecule has 0 aliphatic carbocycles. The first-order valence-electron chi connectivity index (χ1n) is 8.71. The summed E-state index contributed by atoms with van der Waals surface area (Å²) in [6.07, 6.45) is 1.38. The second-order valence-corrected chi connectivity index (χ2v) is 20.6. The third-order valence-corrected chi connectivity index (χ3v) is 16.9. The van der Waals surface area contributed by atoms with Crippen molar-refractivity contribution in [3.63, 3.8) is 0 Å². The minimum atomic E-state index is -2.11. The molecule has 1 saturated heterocycles. The molecular formula is C15H36O4Si3. The molecule has 0 amide bonds. The Morgan fingerprint density at radius 2 is 1.45 bits per heavy atom. The second-order valence-electron chi connectivity index (χ2n) is 7.70. The summed E-state index contributed by atoms with van der Waals surface area (Å²) < 4.78 is 24.2. The summed E-state index contributed by atoms with van der Waals surface area (Å²) in [6.45, 7) is 18.4. The molecule has 0 bridgehead atoms. The molecule has 0 radical (unpaired) electrons. The Bertz CT molecular complexity index is 315. The Labute approximate surface area is 140 Å². The highest BCUT2D eigenvalue weighted by Crippen LogP contribution is 2.28. The number of epoxide rings is 1. The molecule has 22 heavy (non-hydrogen) atoms. The van der Waals surface area contributed by atoms with Gasteiger partial charge in [0.1, 0.15) is 6.10 Å². The van der Waals surface area contributed by atoms with E-state index in [1.54, 1.807) is 0 Å². The number of rotatable bonds is 12. The lowest BCUT2D eigenvalue weighted by atomic mass is 10.5. The predicted octanol–water partition coefficient (Wildman–Crippen LogP) is 4.35. The summed E-state index contributed by atoms with van der Waals surface area (Å²) in [4.78, 5) is 0. The highest BCUT2D eigenvalue weighted by atomic mass is 28.5. The molecule has 1 fully saturated rings. The predicted molar refractivity (Wildman–Crippen MR) is 99.7 cm³/mol. The molecule has 1 rings (SSSR count). The molecule has 1 heterocycles. The van der Waals surface area contributed by atoms with E-state index in [2.05, 4.69) is 46.6 Å². The van der Waals surface area contributed by atoms with Crippen LogP contribution in [-0.4, -0.2) is 51.1 Å². The maximum Gasteiger partial charge on any atom is 0.314 e. The van der Waals surface area contributed by atoms with Gasteiger partial charge in [0.15, 0.2) is 16.6 Å². The Morgan fingerprint density at radius 1 is 0.955 bits per heavy atom. The molecule has 0 spiro atoms. The van der Waals surface area contributed by atoms with E-state index in [4.69, 9.17) is 17.7 Å². The van der Waals surface area contributed by atoms with Gasteiger partial charge in [-0.3, -0.25) is 0 Å². The van der Waals surface area contributed by atoms with E-state index in [-0.39, 0.29) is 0 Å². The summed E-state index contributed by atoms with van der Waals surface area (Å²) in [5.41, 5.74) is 0. The summed E-state index contributed by atoms with van der Waals surface area (Å²) in [7, 11) is -5.32. The Morgan fingerprint density at radius 3 is 1.86 bits per heavy atom. The molecule has 1 atom stereocenters. The zero-order valence-electron chi connectivity index (χ0n) is 15.7. The molecule has 7 heteroatoms. The lowest BCUT2D eigenvalue weighted by Crippen LogP contribution is -2.54. The van der Waals surface area contributed by atoms with Crippen LogP contribution in [0.3, 0.4) is 0 Å². The van der Waals surface area contributed by atoms with Gasteiger partial charge >= 0.3 is 8.56 Å². The fourth-order valence-corrected chi connectivity index (χ4v) is 15.0. The Hall–Kier alpha value is 0.491. The van der Waals surface area contributed by atoms with E-state index in [9.17, 15) is 0 Å². The van der Waals surface area contributed by atoms with E-state index in [1.165, 1.54) is 0 Å². The third kappa shape index (κ3) is 8.37. The molecule has 0 N–H and O–H groups in total. The average molecular weight is 365 g/mol. The smallest absolute Gasteiger partial charge is 0.314 e. The third-order valence-electron chi connectivity index (χ3n) is 4.31. The molecule has 1 unspecified atom stereocenters. The maximum absolute atomic E-state index is 6.66. The van der Waals surface area contributed by atoms with E-state index in [0.29, 0.717) is 6.10 Å². The zero-order chi connectivity index (χ0) is 16.9. The van der Waals surface area contributed by atoms with Crippen molar-refractivity contribution in [3.8, 4) is 0 Å². The van der Waals surface area contributed by atoms with E-state index < -0.39 is 25.2 Å². The number of ether oxygens (including phenoxy) is 2. The van der Waals surface area contributed by atoms with E-state index in [0.717, 1.165) is 44.4 Å². The van der Waals surface area contributed by atoms with Gasteiger partial charge in [0.2, 0.25) is 0 Å². The average Bonchev–Trinajstić information content (AvgIpc) is 3.21. The van der Waals surface area contributed by atoms with Crippen molar-refractivity contribution in [2.45, 2.75) is 77.2 Å². The first kappa shape index (κ1) is 20.5. The van der Waals surface area contributed by atoms with Crippen LogP contribution < -0.4 is 0 Å². The van der Waals surface area contributed by atoms with Crippen molar-refractivity contribution in [3.05, 3.63) is 0 Å². The van der Waals surface area contributed by atoms with Gasteiger partial charge in [-0.25, -0.2) is 0 Å². The van der Waals surface area contributed by atoms with Gasteiger partial charge in [0, 0.05) is 6.61 Å². The lowest BCUT2D eigenvalue weighted by molar-refractivity contribution is 0.116. The second kappa shape index (κ2) is 8.55. The van der Waals surface area contributed by atoms with Crippen LogP contribution in [0.25, 0.3) is 0 Å². The van der Waals surface area contributed by atoms with Gasteiger partial charge in [0.25, 0.3) is 0 Å². The molecular weight excluding hydrogens is 328 g/mol. The van der Waals surface area contributed by atoms with Crippen molar-refractivity contribution in [1.29, 1.82) is 0 Å². The molecule has 132 valence electrons. The standard InChI is InChI=1S/C15H36O4Si3/c1-8-20(3,4)18-22(7,19-21(5,6)9-2)12-10-11-16-13-15-14-17-15/h15H,8-14H2,1-7H3. The molecule has 0 aromatic rings. The van der Waals surface area contributed by atoms with Crippen LogP contribution in [0.4, 0.5) is 0 Å². The highest BCUT2D eigenvalue weighted by molar-refractivity contribution is 6.88. The molecule has 0 saturated carbocycles. The Kier molecular flexibility index (Phi) is 7.98. The van der Waals surface area contributed by atoms with Crippen molar-refractivity contribution < 1.29 is 17.7 Å². The van der Waals surface area contributed by atoms with Gasteiger partial charge in [-0.2, -0.15) is 0 Å². The summed E-state index contributed by atoms with van der Waals surface area (Å²) in [6, 6.07) is 3.32. The first-order valence-corrected chi connectivity index (χ1v) is 17.5. The molecule has 1 aliphatic rings. The van der Waals surface area contributed by atoms with Crippen LogP contribution >= 0.6 is 0 Å². The number of hydrogen-bond donors (Lipinski definition) is 0. The zero-order valence-corrected chi connectivity index (χ0v) is 18.7. The van der Waals surface area contributed by atoms with Crippen LogP contribution in [0.1, 0.15) is 20.3 Å². The number of hydrogen-bond acceptors (Lipinski definition) is 4. The quantitative estimate of drug-likeness (QED) is 0.293. The van der Waals surface area contributed by atoms with Gasteiger partial charge < -0.3 is 17.7 Å². The summed E-state index contributed by atoms with van der Waals surface area (Å²) >= 11 is 0. The SMILES string of the molecule is CC[Si](C)(C)O[Si](C)(CCCOCC1CO1)O[Si](C)(C)CC. The van der Waals surface area contributed by atoms with Crippen LogP contribution in [0.15, 0.2) is 0 Å². The maximum atomic E-state index is 6.66. The molecule has 0 aromatic carbocycles. The van der Waals surface area contributed by atoms with Crippen LogP contribution in [0, 0.1) is 0 Å². The van der Waals surface area contributed by atoms with E-state index >= 15 is 0 Å².